The fourth-order valence-corrected chi connectivity index (χ4v) is 2.58. The van der Waals surface area contributed by atoms with E-state index in [2.05, 4.69) is 29.4 Å². The zero-order valence-corrected chi connectivity index (χ0v) is 18.5. The van der Waals surface area contributed by atoms with Crippen LogP contribution in [0.3, 0.4) is 0 Å². The van der Waals surface area contributed by atoms with Crippen molar-refractivity contribution in [3.05, 3.63) is 48.0 Å². The summed E-state index contributed by atoms with van der Waals surface area (Å²) in [6.45, 7) is 2.81. The number of ether oxygens (including phenoxy) is 3. The van der Waals surface area contributed by atoms with Crippen molar-refractivity contribution in [2.24, 2.45) is 10.7 Å². The molecule has 6 nitrogen and oxygen atoms in total. The van der Waals surface area contributed by atoms with E-state index in [4.69, 9.17) is 19.9 Å². The minimum atomic E-state index is 0. The zero-order chi connectivity index (χ0) is 18.9. The van der Waals surface area contributed by atoms with Gasteiger partial charge in [0, 0.05) is 18.3 Å². The first-order valence-electron chi connectivity index (χ1n) is 8.50. The lowest BCUT2D eigenvalue weighted by Gasteiger charge is -2.12. The van der Waals surface area contributed by atoms with Crippen molar-refractivity contribution in [1.29, 1.82) is 0 Å². The molecular weight excluding hydrogens is 457 g/mol. The molecule has 0 aliphatic carbocycles. The number of nitrogens with one attached hydrogen (secondary N) is 1. The van der Waals surface area contributed by atoms with Crippen LogP contribution in [0.5, 0.6) is 17.2 Å². The van der Waals surface area contributed by atoms with Gasteiger partial charge in [-0.25, -0.2) is 0 Å². The van der Waals surface area contributed by atoms with Crippen LogP contribution in [0.25, 0.3) is 0 Å². The molecule has 148 valence electrons. The number of nitrogens with zero attached hydrogens (tertiary/aromatic N) is 1. The highest BCUT2D eigenvalue weighted by Crippen LogP contribution is 2.29. The van der Waals surface area contributed by atoms with Crippen molar-refractivity contribution in [1.82, 2.24) is 0 Å². The van der Waals surface area contributed by atoms with Gasteiger partial charge in [-0.15, -0.1) is 24.0 Å². The van der Waals surface area contributed by atoms with Gasteiger partial charge in [-0.2, -0.15) is 0 Å². The number of rotatable bonds is 8. The van der Waals surface area contributed by atoms with Crippen LogP contribution < -0.4 is 25.3 Å². The third-order valence-electron chi connectivity index (χ3n) is 4.19. The third-order valence-corrected chi connectivity index (χ3v) is 4.19. The Morgan fingerprint density at radius 3 is 2.26 bits per heavy atom. The Morgan fingerprint density at radius 1 is 1.00 bits per heavy atom. The molecule has 0 heterocycles. The maximum absolute atomic E-state index is 5.98. The molecule has 0 aliphatic heterocycles. The molecule has 2 rings (SSSR count). The molecule has 2 aromatic rings. The molecule has 0 saturated carbocycles. The average molecular weight is 485 g/mol. The van der Waals surface area contributed by atoms with E-state index in [1.807, 2.05) is 30.3 Å². The number of hydrogen-bond acceptors (Lipinski definition) is 4. The molecule has 0 aliphatic rings. The van der Waals surface area contributed by atoms with Crippen molar-refractivity contribution in [3.8, 4) is 17.2 Å². The number of benzene rings is 2. The molecule has 2 aromatic carbocycles. The van der Waals surface area contributed by atoms with E-state index in [1.54, 1.807) is 21.3 Å². The monoisotopic (exact) mass is 485 g/mol. The highest BCUT2D eigenvalue weighted by molar-refractivity contribution is 14.0. The van der Waals surface area contributed by atoms with Crippen molar-refractivity contribution in [3.63, 3.8) is 0 Å². The maximum Gasteiger partial charge on any atom is 0.193 e. The second-order valence-corrected chi connectivity index (χ2v) is 5.92. The molecule has 1 unspecified atom stereocenters. The zero-order valence-electron chi connectivity index (χ0n) is 16.2. The normalized spacial score (nSPS) is 11.9. The Bertz CT molecular complexity index is 736. The minimum Gasteiger partial charge on any atom is -0.497 e. The lowest BCUT2D eigenvalue weighted by atomic mass is 9.98. The summed E-state index contributed by atoms with van der Waals surface area (Å²) >= 11 is 0. The van der Waals surface area contributed by atoms with Gasteiger partial charge in [0.05, 0.1) is 21.3 Å². The Morgan fingerprint density at radius 2 is 1.67 bits per heavy atom. The molecule has 0 spiro atoms. The fraction of sp³-hybridized carbons (Fsp3) is 0.350. The Kier molecular flexibility index (Phi) is 9.77. The first-order valence-corrected chi connectivity index (χ1v) is 8.50. The van der Waals surface area contributed by atoms with E-state index >= 15 is 0 Å². The van der Waals surface area contributed by atoms with Crippen LogP contribution in [-0.4, -0.2) is 33.8 Å². The summed E-state index contributed by atoms with van der Waals surface area (Å²) in [4.78, 5) is 4.40. The van der Waals surface area contributed by atoms with Crippen LogP contribution in [-0.2, 0) is 0 Å². The van der Waals surface area contributed by atoms with Gasteiger partial charge in [0.1, 0.15) is 5.75 Å². The van der Waals surface area contributed by atoms with Crippen molar-refractivity contribution >= 4 is 35.6 Å². The molecule has 0 fully saturated rings. The number of aliphatic imine (C=N–C) groups is 1. The van der Waals surface area contributed by atoms with Gasteiger partial charge >= 0.3 is 0 Å². The van der Waals surface area contributed by atoms with Crippen molar-refractivity contribution in [2.45, 2.75) is 19.3 Å². The topological polar surface area (TPSA) is 78.1 Å². The second kappa shape index (κ2) is 11.5. The summed E-state index contributed by atoms with van der Waals surface area (Å²) in [7, 11) is 4.87. The first kappa shape index (κ1) is 22.9. The van der Waals surface area contributed by atoms with Crippen LogP contribution in [0.15, 0.2) is 47.5 Å². The fourth-order valence-electron chi connectivity index (χ4n) is 2.58. The molecule has 0 radical (unpaired) electrons. The standard InChI is InChI=1S/C20H27N3O3.HI/c1-14(15-5-8-17(24-2)9-6-15)11-12-22-20(21)23-16-7-10-18(25-3)19(13-16)26-4;/h5-10,13-14H,11-12H2,1-4H3,(H3,21,22,23);1H. The Labute approximate surface area is 178 Å². The largest absolute Gasteiger partial charge is 0.497 e. The number of anilines is 1. The van der Waals surface area contributed by atoms with Crippen LogP contribution >= 0.6 is 24.0 Å². The van der Waals surface area contributed by atoms with Crippen LogP contribution in [0.2, 0.25) is 0 Å². The van der Waals surface area contributed by atoms with Crippen LogP contribution in [0, 0.1) is 0 Å². The molecule has 0 aromatic heterocycles. The van der Waals surface area contributed by atoms with Gasteiger partial charge < -0.3 is 25.3 Å². The van der Waals surface area contributed by atoms with Crippen LogP contribution in [0.4, 0.5) is 5.69 Å². The predicted molar refractivity (Wildman–Crippen MR) is 121 cm³/mol. The van der Waals surface area contributed by atoms with E-state index in [0.29, 0.717) is 29.9 Å². The number of nitrogens with two attached hydrogens (primary N) is 1. The summed E-state index contributed by atoms with van der Waals surface area (Å²) in [5, 5.41) is 3.07. The number of guanidine groups is 1. The summed E-state index contributed by atoms with van der Waals surface area (Å²) in [5.41, 5.74) is 8.04. The highest BCUT2D eigenvalue weighted by Gasteiger charge is 2.07. The van der Waals surface area contributed by atoms with E-state index in [-0.39, 0.29) is 24.0 Å². The van der Waals surface area contributed by atoms with Gasteiger partial charge in [0.2, 0.25) is 0 Å². The lowest BCUT2D eigenvalue weighted by Crippen LogP contribution is -2.23. The van der Waals surface area contributed by atoms with E-state index in [0.717, 1.165) is 17.9 Å². The number of halogens is 1. The maximum atomic E-state index is 5.98. The van der Waals surface area contributed by atoms with Crippen LogP contribution in [0.1, 0.15) is 24.8 Å². The number of hydrogen-bond donors (Lipinski definition) is 2. The Hall–Kier alpha value is -2.16. The van der Waals surface area contributed by atoms with E-state index in [9.17, 15) is 0 Å². The smallest absolute Gasteiger partial charge is 0.193 e. The van der Waals surface area contributed by atoms with Gasteiger partial charge in [0.15, 0.2) is 17.5 Å². The quantitative estimate of drug-likeness (QED) is 0.332. The summed E-state index contributed by atoms with van der Waals surface area (Å²) < 4.78 is 15.7. The van der Waals surface area contributed by atoms with Crippen molar-refractivity contribution < 1.29 is 14.2 Å². The summed E-state index contributed by atoms with van der Waals surface area (Å²) in [6.07, 6.45) is 0.903. The molecule has 7 heteroatoms. The second-order valence-electron chi connectivity index (χ2n) is 5.92. The van der Waals surface area contributed by atoms with E-state index < -0.39 is 0 Å². The third kappa shape index (κ3) is 6.82. The molecule has 27 heavy (non-hydrogen) atoms. The molecular formula is C20H28IN3O3. The first-order chi connectivity index (χ1) is 12.6. The highest BCUT2D eigenvalue weighted by atomic mass is 127. The average Bonchev–Trinajstić information content (AvgIpc) is 2.67. The van der Waals surface area contributed by atoms with Crippen molar-refractivity contribution in [2.75, 3.05) is 33.2 Å². The van der Waals surface area contributed by atoms with Gasteiger partial charge in [0.25, 0.3) is 0 Å². The predicted octanol–water partition coefficient (Wildman–Crippen LogP) is 4.25. The van der Waals surface area contributed by atoms with Gasteiger partial charge in [-0.3, -0.25) is 4.99 Å². The molecule has 0 amide bonds. The summed E-state index contributed by atoms with van der Waals surface area (Å²) in [5.74, 6) is 2.93. The van der Waals surface area contributed by atoms with Gasteiger partial charge in [-0.1, -0.05) is 19.1 Å². The van der Waals surface area contributed by atoms with E-state index in [1.165, 1.54) is 5.56 Å². The Balaban J connectivity index is 0.00000364. The molecule has 3 N–H and O–H groups in total. The minimum absolute atomic E-state index is 0. The molecule has 0 saturated heterocycles. The molecule has 1 atom stereocenters. The number of methoxy groups -OCH3 is 3. The molecule has 0 bridgehead atoms. The van der Waals surface area contributed by atoms with Gasteiger partial charge in [-0.05, 0) is 42.2 Å². The SMILES string of the molecule is COc1ccc(C(C)CCN=C(N)Nc2ccc(OC)c(OC)c2)cc1.I. The summed E-state index contributed by atoms with van der Waals surface area (Å²) in [6, 6.07) is 13.6. The lowest BCUT2D eigenvalue weighted by molar-refractivity contribution is 0.355.